The fourth-order valence-electron chi connectivity index (χ4n) is 3.00. The number of nitrogens with one attached hydrogen (secondary N) is 1. The van der Waals surface area contributed by atoms with Gasteiger partial charge in [0.05, 0.1) is 18.7 Å². The summed E-state index contributed by atoms with van der Waals surface area (Å²) in [7, 11) is 1.61. The number of rotatable bonds is 5. The predicted molar refractivity (Wildman–Crippen MR) is 96.7 cm³/mol. The molecule has 3 nitrogen and oxygen atoms in total. The second kappa shape index (κ2) is 8.62. The Morgan fingerprint density at radius 1 is 1.17 bits per heavy atom. The van der Waals surface area contributed by atoms with E-state index in [0.717, 1.165) is 23.6 Å². The summed E-state index contributed by atoms with van der Waals surface area (Å²) in [5.74, 6) is 2.48. The molecule has 0 bridgehead atoms. The Balaban J connectivity index is 0.00000192. The van der Waals surface area contributed by atoms with Crippen LogP contribution in [0.15, 0.2) is 34.7 Å². The molecule has 3 rings (SSSR count). The van der Waals surface area contributed by atoms with E-state index >= 15 is 0 Å². The highest BCUT2D eigenvalue weighted by atomic mass is 35.5. The molecule has 5 heteroatoms. The van der Waals surface area contributed by atoms with Crippen molar-refractivity contribution in [2.45, 2.75) is 44.7 Å². The van der Waals surface area contributed by atoms with Crippen molar-refractivity contribution in [2.75, 3.05) is 7.11 Å². The van der Waals surface area contributed by atoms with Crippen LogP contribution in [-0.2, 0) is 6.54 Å². The zero-order valence-electron chi connectivity index (χ0n) is 13.3. The van der Waals surface area contributed by atoms with Crippen LogP contribution in [0.1, 0.15) is 37.9 Å². The van der Waals surface area contributed by atoms with E-state index in [1.54, 1.807) is 7.11 Å². The summed E-state index contributed by atoms with van der Waals surface area (Å²) >= 11 is 6.17. The largest absolute Gasteiger partial charge is 0.495 e. The molecule has 0 amide bonds. The van der Waals surface area contributed by atoms with Crippen molar-refractivity contribution in [1.82, 2.24) is 5.32 Å². The Kier molecular flexibility index (Phi) is 6.82. The van der Waals surface area contributed by atoms with Crippen LogP contribution in [0.2, 0.25) is 5.02 Å². The second-order valence-electron chi connectivity index (χ2n) is 5.83. The van der Waals surface area contributed by atoms with Crippen molar-refractivity contribution in [3.63, 3.8) is 0 Å². The molecular weight excluding hydrogens is 333 g/mol. The van der Waals surface area contributed by atoms with Gasteiger partial charge in [0.15, 0.2) is 0 Å². The standard InChI is InChI=1S/C18H22ClNO2.ClH/c1-21-18-9-7-13(11-16(18)19)17-10-8-15(22-17)12-20-14-5-3-2-4-6-14;/h7-11,14,20H,2-6,12H2,1H3;1H. The lowest BCUT2D eigenvalue weighted by atomic mass is 9.95. The molecule has 1 aliphatic carbocycles. The van der Waals surface area contributed by atoms with E-state index in [0.29, 0.717) is 16.8 Å². The SMILES string of the molecule is COc1ccc(-c2ccc(CNC3CCCCC3)o2)cc1Cl.Cl. The summed E-state index contributed by atoms with van der Waals surface area (Å²) in [6, 6.07) is 10.4. The fourth-order valence-corrected chi connectivity index (χ4v) is 3.26. The fraction of sp³-hybridized carbons (Fsp3) is 0.444. The van der Waals surface area contributed by atoms with E-state index in [1.165, 1.54) is 32.1 Å². The minimum Gasteiger partial charge on any atom is -0.495 e. The number of halogens is 2. The van der Waals surface area contributed by atoms with Crippen LogP contribution in [0, 0.1) is 0 Å². The highest BCUT2D eigenvalue weighted by Crippen LogP contribution is 2.31. The predicted octanol–water partition coefficient (Wildman–Crippen LogP) is 5.45. The lowest BCUT2D eigenvalue weighted by Crippen LogP contribution is -2.30. The van der Waals surface area contributed by atoms with E-state index in [9.17, 15) is 0 Å². The van der Waals surface area contributed by atoms with Crippen molar-refractivity contribution in [1.29, 1.82) is 0 Å². The molecule has 126 valence electrons. The number of hydrogen-bond acceptors (Lipinski definition) is 3. The topological polar surface area (TPSA) is 34.4 Å². The number of benzene rings is 1. The second-order valence-corrected chi connectivity index (χ2v) is 6.24. The highest BCUT2D eigenvalue weighted by molar-refractivity contribution is 6.32. The van der Waals surface area contributed by atoms with E-state index in [4.69, 9.17) is 20.8 Å². The maximum absolute atomic E-state index is 6.17. The van der Waals surface area contributed by atoms with Gasteiger partial charge in [0.1, 0.15) is 17.3 Å². The molecule has 23 heavy (non-hydrogen) atoms. The van der Waals surface area contributed by atoms with Gasteiger partial charge in [-0.15, -0.1) is 12.4 Å². The monoisotopic (exact) mass is 355 g/mol. The summed E-state index contributed by atoms with van der Waals surface area (Å²) in [6.07, 6.45) is 6.61. The van der Waals surface area contributed by atoms with Gasteiger partial charge >= 0.3 is 0 Å². The first-order chi connectivity index (χ1) is 10.8. The van der Waals surface area contributed by atoms with Crippen molar-refractivity contribution in [3.8, 4) is 17.1 Å². The molecule has 1 saturated carbocycles. The first kappa shape index (κ1) is 18.2. The van der Waals surface area contributed by atoms with Crippen molar-refractivity contribution < 1.29 is 9.15 Å². The third-order valence-electron chi connectivity index (χ3n) is 4.27. The van der Waals surface area contributed by atoms with E-state index in [2.05, 4.69) is 5.32 Å². The maximum Gasteiger partial charge on any atom is 0.137 e. The molecule has 0 atom stereocenters. The maximum atomic E-state index is 6.17. The molecule has 1 aromatic carbocycles. The van der Waals surface area contributed by atoms with Crippen molar-refractivity contribution in [3.05, 3.63) is 41.1 Å². The Morgan fingerprint density at radius 2 is 1.96 bits per heavy atom. The van der Waals surface area contributed by atoms with Crippen LogP contribution in [0.25, 0.3) is 11.3 Å². The molecule has 0 spiro atoms. The Bertz CT molecular complexity index is 621. The summed E-state index contributed by atoms with van der Waals surface area (Å²) < 4.78 is 11.1. The molecule has 1 fully saturated rings. The Morgan fingerprint density at radius 3 is 2.65 bits per heavy atom. The summed E-state index contributed by atoms with van der Waals surface area (Å²) in [4.78, 5) is 0. The minimum atomic E-state index is 0. The van der Waals surface area contributed by atoms with Gasteiger partial charge in [0.25, 0.3) is 0 Å². The number of furan rings is 1. The third-order valence-corrected chi connectivity index (χ3v) is 4.56. The Hall–Kier alpha value is -1.16. The average Bonchev–Trinajstić information content (AvgIpc) is 3.03. The van der Waals surface area contributed by atoms with Gasteiger partial charge in [-0.2, -0.15) is 0 Å². The van der Waals surface area contributed by atoms with Gasteiger partial charge in [0.2, 0.25) is 0 Å². The molecule has 1 aromatic heterocycles. The molecule has 0 saturated heterocycles. The van der Waals surface area contributed by atoms with Gasteiger partial charge in [-0.05, 0) is 43.2 Å². The van der Waals surface area contributed by atoms with Gasteiger partial charge in [-0.25, -0.2) is 0 Å². The summed E-state index contributed by atoms with van der Waals surface area (Å²) in [5, 5.41) is 4.19. The van der Waals surface area contributed by atoms with Crippen LogP contribution in [0.4, 0.5) is 0 Å². The van der Waals surface area contributed by atoms with Crippen molar-refractivity contribution >= 4 is 24.0 Å². The van der Waals surface area contributed by atoms with Crippen LogP contribution in [0.3, 0.4) is 0 Å². The van der Waals surface area contributed by atoms with E-state index in [-0.39, 0.29) is 12.4 Å². The number of hydrogen-bond donors (Lipinski definition) is 1. The number of methoxy groups -OCH3 is 1. The molecule has 2 aromatic rings. The van der Waals surface area contributed by atoms with Crippen LogP contribution < -0.4 is 10.1 Å². The normalized spacial score (nSPS) is 15.2. The molecule has 1 heterocycles. The molecule has 0 radical (unpaired) electrons. The lowest BCUT2D eigenvalue weighted by Gasteiger charge is -2.22. The van der Waals surface area contributed by atoms with Crippen molar-refractivity contribution in [2.24, 2.45) is 0 Å². The first-order valence-corrected chi connectivity index (χ1v) is 8.30. The van der Waals surface area contributed by atoms with Crippen LogP contribution >= 0.6 is 24.0 Å². The van der Waals surface area contributed by atoms with Crippen LogP contribution in [-0.4, -0.2) is 13.2 Å². The van der Waals surface area contributed by atoms with Gasteiger partial charge in [-0.1, -0.05) is 30.9 Å². The summed E-state index contributed by atoms with van der Waals surface area (Å²) in [6.45, 7) is 0.786. The van der Waals surface area contributed by atoms with Gasteiger partial charge in [0, 0.05) is 11.6 Å². The zero-order valence-corrected chi connectivity index (χ0v) is 14.9. The minimum absolute atomic E-state index is 0. The summed E-state index contributed by atoms with van der Waals surface area (Å²) in [5.41, 5.74) is 0.967. The molecule has 1 N–H and O–H groups in total. The molecule has 1 aliphatic rings. The van der Waals surface area contributed by atoms with E-state index in [1.807, 2.05) is 30.3 Å². The Labute approximate surface area is 148 Å². The lowest BCUT2D eigenvalue weighted by molar-refractivity contribution is 0.358. The van der Waals surface area contributed by atoms with Gasteiger partial charge in [-0.3, -0.25) is 0 Å². The number of ether oxygens (including phenoxy) is 1. The third kappa shape index (κ3) is 4.66. The molecule has 0 unspecified atom stereocenters. The first-order valence-electron chi connectivity index (χ1n) is 7.92. The quantitative estimate of drug-likeness (QED) is 0.773. The van der Waals surface area contributed by atoms with E-state index < -0.39 is 0 Å². The molecular formula is C18H23Cl2NO2. The average molecular weight is 356 g/mol. The van der Waals surface area contributed by atoms with Gasteiger partial charge < -0.3 is 14.5 Å². The molecule has 0 aliphatic heterocycles. The smallest absolute Gasteiger partial charge is 0.137 e. The van der Waals surface area contributed by atoms with Crippen LogP contribution in [0.5, 0.6) is 5.75 Å². The zero-order chi connectivity index (χ0) is 15.4. The highest BCUT2D eigenvalue weighted by Gasteiger charge is 2.13.